The smallest absolute Gasteiger partial charge is 0.342 e. The summed E-state index contributed by atoms with van der Waals surface area (Å²) in [4.78, 5) is 25.8. The maximum atomic E-state index is 12.9. The largest absolute Gasteiger partial charge is 0.508 e. The van der Waals surface area contributed by atoms with Gasteiger partial charge in [0.15, 0.2) is 12.3 Å². The molecule has 2 heterocycles. The van der Waals surface area contributed by atoms with Gasteiger partial charge in [0, 0.05) is 58.0 Å². The third-order valence-electron chi connectivity index (χ3n) is 9.29. The molecular weight excluding hydrogens is 574 g/mol. The number of aromatic hydroxyl groups is 2. The van der Waals surface area contributed by atoms with Gasteiger partial charge in [-0.05, 0) is 31.4 Å². The van der Waals surface area contributed by atoms with Gasteiger partial charge in [0.2, 0.25) is 0 Å². The molecule has 248 valence electrons. The molecule has 1 aromatic rings. The lowest BCUT2D eigenvalue weighted by atomic mass is 9.73. The average molecular weight is 624 g/mol. The number of phenolic OH excluding ortho intramolecular Hbond substituents is 2. The minimum Gasteiger partial charge on any atom is -0.508 e. The number of hydrogen-bond acceptors (Lipinski definition) is 11. The van der Waals surface area contributed by atoms with E-state index in [4.69, 9.17) is 23.7 Å². The first-order chi connectivity index (χ1) is 20.6. The van der Waals surface area contributed by atoms with Gasteiger partial charge >= 0.3 is 5.97 Å². The van der Waals surface area contributed by atoms with Crippen LogP contribution in [0.15, 0.2) is 18.2 Å². The molecule has 0 saturated carbocycles. The molecule has 1 saturated heterocycles. The zero-order valence-corrected chi connectivity index (χ0v) is 27.0. The topological polar surface area (TPSA) is 173 Å². The van der Waals surface area contributed by atoms with Crippen LogP contribution in [0.4, 0.5) is 0 Å². The summed E-state index contributed by atoms with van der Waals surface area (Å²) in [7, 11) is 4.35. The van der Waals surface area contributed by atoms with Gasteiger partial charge in [-0.3, -0.25) is 4.79 Å². The molecule has 0 radical (unpaired) electrons. The SMILES string of the molecule is C=C(C)C[C@H](OC)[C@H](O)C(=O)N[C@@H](OC)[C@@H]1C[C@@H](O)C(C)(C)[C@@H](C[C@H](OC)[C@@H](C)[C@H]2Cc3c(C)c(O)cc(O)c3C(=O)O2)O1. The maximum absolute atomic E-state index is 12.9. The fourth-order valence-electron chi connectivity index (χ4n) is 6.10. The van der Waals surface area contributed by atoms with Gasteiger partial charge in [-0.25, -0.2) is 4.79 Å². The van der Waals surface area contributed by atoms with E-state index < -0.39 is 66.2 Å². The number of cyclic esters (lactones) is 1. The summed E-state index contributed by atoms with van der Waals surface area (Å²) >= 11 is 0. The maximum Gasteiger partial charge on any atom is 0.342 e. The van der Waals surface area contributed by atoms with Crippen LogP contribution in [0, 0.1) is 18.3 Å². The number of hydrogen-bond donors (Lipinski definition) is 5. The second kappa shape index (κ2) is 14.6. The van der Waals surface area contributed by atoms with E-state index in [9.17, 15) is 30.0 Å². The highest BCUT2D eigenvalue weighted by Gasteiger charge is 2.49. The molecule has 44 heavy (non-hydrogen) atoms. The van der Waals surface area contributed by atoms with Crippen LogP contribution in [0.1, 0.15) is 68.4 Å². The molecule has 3 rings (SSSR count). The number of esters is 1. The van der Waals surface area contributed by atoms with Gasteiger partial charge in [-0.15, -0.1) is 6.58 Å². The van der Waals surface area contributed by atoms with E-state index >= 15 is 0 Å². The number of nitrogens with one attached hydrogen (secondary N) is 1. The Morgan fingerprint density at radius 1 is 1.14 bits per heavy atom. The van der Waals surface area contributed by atoms with Crippen molar-refractivity contribution in [3.05, 3.63) is 34.9 Å². The van der Waals surface area contributed by atoms with E-state index in [2.05, 4.69) is 11.9 Å². The summed E-state index contributed by atoms with van der Waals surface area (Å²) in [5.41, 5.74) is 1.10. The van der Waals surface area contributed by atoms with Gasteiger partial charge in [-0.2, -0.15) is 0 Å². The summed E-state index contributed by atoms with van der Waals surface area (Å²) in [6.45, 7) is 12.9. The Morgan fingerprint density at radius 2 is 1.77 bits per heavy atom. The number of aliphatic hydroxyl groups is 2. The van der Waals surface area contributed by atoms with Crippen molar-refractivity contribution in [2.24, 2.45) is 11.3 Å². The van der Waals surface area contributed by atoms with E-state index in [0.717, 1.165) is 11.6 Å². The number of aliphatic hydroxyl groups excluding tert-OH is 2. The zero-order valence-electron chi connectivity index (χ0n) is 27.0. The first-order valence-corrected chi connectivity index (χ1v) is 14.9. The Bertz CT molecular complexity index is 1200. The predicted octanol–water partition coefficient (Wildman–Crippen LogP) is 2.50. The molecule has 1 fully saturated rings. The molecule has 0 aliphatic carbocycles. The monoisotopic (exact) mass is 623 g/mol. The van der Waals surface area contributed by atoms with Crippen molar-refractivity contribution in [2.75, 3.05) is 21.3 Å². The summed E-state index contributed by atoms with van der Waals surface area (Å²) in [6.07, 6.45) is -5.50. The molecule has 0 unspecified atom stereocenters. The second-order valence-electron chi connectivity index (χ2n) is 12.7. The summed E-state index contributed by atoms with van der Waals surface area (Å²) in [5, 5.41) is 45.0. The lowest BCUT2D eigenvalue weighted by Gasteiger charge is -2.48. The molecule has 12 nitrogen and oxygen atoms in total. The zero-order chi connectivity index (χ0) is 33.1. The van der Waals surface area contributed by atoms with Crippen LogP contribution in [0.3, 0.4) is 0 Å². The molecule has 2 aliphatic rings. The number of ether oxygens (including phenoxy) is 5. The molecule has 1 amide bonds. The molecule has 0 spiro atoms. The minimum absolute atomic E-state index is 0.0506. The normalized spacial score (nSPS) is 26.5. The minimum atomic E-state index is -1.48. The molecule has 9 atom stereocenters. The standard InChI is InChI=1S/C32H49NO11/c1-15(2)10-23(41-8)28(37)29(38)33-30(42-9)24-13-25(36)32(5,6)26(43-24)14-21(40-7)17(4)22-11-18-16(3)19(34)12-20(35)27(18)31(39)44-22/h12,17,21-26,28,30,34-37H,1,10-11,13-14H2,2-9H3,(H,33,38)/t17-,21+,22-,23+,24+,25-,26-,28+,30+/m1/s1. The summed E-state index contributed by atoms with van der Waals surface area (Å²) in [6, 6.07) is 1.13. The highest BCUT2D eigenvalue weighted by atomic mass is 16.6. The fraction of sp³-hybridized carbons (Fsp3) is 0.688. The highest BCUT2D eigenvalue weighted by Crippen LogP contribution is 2.42. The number of amides is 1. The molecule has 2 aliphatic heterocycles. The van der Waals surface area contributed by atoms with Gasteiger partial charge in [-0.1, -0.05) is 26.3 Å². The van der Waals surface area contributed by atoms with Crippen LogP contribution < -0.4 is 5.32 Å². The van der Waals surface area contributed by atoms with Crippen LogP contribution in [0.2, 0.25) is 0 Å². The predicted molar refractivity (Wildman–Crippen MR) is 160 cm³/mol. The number of methoxy groups -OCH3 is 3. The number of fused-ring (bicyclic) bond motifs is 1. The summed E-state index contributed by atoms with van der Waals surface area (Å²) in [5.74, 6) is -2.17. The Kier molecular flexibility index (Phi) is 11.8. The van der Waals surface area contributed by atoms with Crippen LogP contribution in [0.25, 0.3) is 0 Å². The van der Waals surface area contributed by atoms with E-state index in [0.29, 0.717) is 17.5 Å². The Hall–Kier alpha value is -2.74. The third-order valence-corrected chi connectivity index (χ3v) is 9.29. The van der Waals surface area contributed by atoms with Crippen molar-refractivity contribution < 1.29 is 53.7 Å². The van der Waals surface area contributed by atoms with Crippen molar-refractivity contribution in [3.8, 4) is 11.5 Å². The average Bonchev–Trinajstić information content (AvgIpc) is 2.96. The molecule has 12 heteroatoms. The van der Waals surface area contributed by atoms with Gasteiger partial charge < -0.3 is 49.4 Å². The first-order valence-electron chi connectivity index (χ1n) is 14.9. The number of rotatable bonds is 13. The Balaban J connectivity index is 1.77. The summed E-state index contributed by atoms with van der Waals surface area (Å²) < 4.78 is 28.9. The first kappa shape index (κ1) is 35.7. The Labute approximate surface area is 259 Å². The molecule has 0 aromatic heterocycles. The van der Waals surface area contributed by atoms with E-state index in [-0.39, 0.29) is 42.2 Å². The van der Waals surface area contributed by atoms with Gasteiger partial charge in [0.25, 0.3) is 5.91 Å². The van der Waals surface area contributed by atoms with E-state index in [1.165, 1.54) is 14.2 Å². The number of carbonyl (C=O) groups is 2. The van der Waals surface area contributed by atoms with Crippen LogP contribution in [-0.4, -0.2) is 103 Å². The molecule has 0 bridgehead atoms. The van der Waals surface area contributed by atoms with Crippen LogP contribution in [0.5, 0.6) is 11.5 Å². The fourth-order valence-corrected chi connectivity index (χ4v) is 6.10. The molecule has 5 N–H and O–H groups in total. The second-order valence-corrected chi connectivity index (χ2v) is 12.7. The van der Waals surface area contributed by atoms with Crippen LogP contribution in [-0.2, 0) is 34.9 Å². The van der Waals surface area contributed by atoms with Crippen molar-refractivity contribution >= 4 is 11.9 Å². The molecule has 1 aromatic carbocycles. The van der Waals surface area contributed by atoms with Crippen molar-refractivity contribution in [2.45, 2.75) is 109 Å². The lowest BCUT2D eigenvalue weighted by molar-refractivity contribution is -0.218. The van der Waals surface area contributed by atoms with Crippen LogP contribution >= 0.6 is 0 Å². The third kappa shape index (κ3) is 7.55. The van der Waals surface area contributed by atoms with Crippen molar-refractivity contribution in [1.82, 2.24) is 5.32 Å². The van der Waals surface area contributed by atoms with Crippen molar-refractivity contribution in [3.63, 3.8) is 0 Å². The van der Waals surface area contributed by atoms with Crippen molar-refractivity contribution in [1.29, 1.82) is 0 Å². The number of phenols is 2. The van der Waals surface area contributed by atoms with E-state index in [1.54, 1.807) is 21.0 Å². The number of carbonyl (C=O) groups excluding carboxylic acids is 2. The van der Waals surface area contributed by atoms with Gasteiger partial charge in [0.1, 0.15) is 29.3 Å². The lowest BCUT2D eigenvalue weighted by Crippen LogP contribution is -2.59. The quantitative estimate of drug-likeness (QED) is 0.124. The Morgan fingerprint density at radius 3 is 2.34 bits per heavy atom. The molecular formula is C32H49NO11. The van der Waals surface area contributed by atoms with Gasteiger partial charge in [0.05, 0.1) is 24.4 Å². The number of benzene rings is 1. The highest BCUT2D eigenvalue weighted by molar-refractivity contribution is 5.96. The van der Waals surface area contributed by atoms with E-state index in [1.807, 2.05) is 20.8 Å².